The highest BCUT2D eigenvalue weighted by Gasteiger charge is 2.22. The standard InChI is InChI=1S/C11H15N3O3S/c1-11(2,15)7-14-18(16,17)9-6-13-10-8(9)4-3-5-12-10/h3-6,14-15H,7H2,1-2H3,(H,12,13). The van der Waals surface area contributed by atoms with Crippen LogP contribution in [-0.2, 0) is 10.0 Å². The van der Waals surface area contributed by atoms with Crippen LogP contribution in [0, 0.1) is 0 Å². The zero-order valence-electron chi connectivity index (χ0n) is 10.1. The summed E-state index contributed by atoms with van der Waals surface area (Å²) in [5.41, 5.74) is -0.585. The van der Waals surface area contributed by atoms with E-state index in [-0.39, 0.29) is 11.4 Å². The van der Waals surface area contributed by atoms with E-state index in [0.29, 0.717) is 11.0 Å². The fourth-order valence-corrected chi connectivity index (χ4v) is 2.87. The predicted octanol–water partition coefficient (Wildman–Crippen LogP) is 0.612. The highest BCUT2D eigenvalue weighted by Crippen LogP contribution is 2.20. The van der Waals surface area contributed by atoms with Crippen LogP contribution in [0.2, 0.25) is 0 Å². The third-order valence-corrected chi connectivity index (χ3v) is 3.84. The molecule has 0 atom stereocenters. The fraction of sp³-hybridized carbons (Fsp3) is 0.364. The van der Waals surface area contributed by atoms with Crippen LogP contribution in [0.1, 0.15) is 13.8 Å². The molecule has 0 saturated heterocycles. The summed E-state index contributed by atoms with van der Waals surface area (Å²) in [7, 11) is -3.66. The van der Waals surface area contributed by atoms with Crippen molar-refractivity contribution in [2.75, 3.05) is 6.54 Å². The minimum Gasteiger partial charge on any atom is -0.389 e. The van der Waals surface area contributed by atoms with Crippen molar-refractivity contribution in [1.29, 1.82) is 0 Å². The Balaban J connectivity index is 2.36. The van der Waals surface area contributed by atoms with Crippen LogP contribution in [0.5, 0.6) is 0 Å². The monoisotopic (exact) mass is 269 g/mol. The summed E-state index contributed by atoms with van der Waals surface area (Å²) >= 11 is 0. The van der Waals surface area contributed by atoms with Crippen molar-refractivity contribution in [3.8, 4) is 0 Å². The molecule has 0 saturated carbocycles. The van der Waals surface area contributed by atoms with E-state index < -0.39 is 15.6 Å². The van der Waals surface area contributed by atoms with E-state index in [2.05, 4.69) is 14.7 Å². The minimum atomic E-state index is -3.66. The van der Waals surface area contributed by atoms with Gasteiger partial charge in [-0.1, -0.05) is 0 Å². The van der Waals surface area contributed by atoms with Gasteiger partial charge in [-0.3, -0.25) is 0 Å². The zero-order valence-corrected chi connectivity index (χ0v) is 11.0. The van der Waals surface area contributed by atoms with E-state index in [0.717, 1.165) is 0 Å². The quantitative estimate of drug-likeness (QED) is 0.758. The summed E-state index contributed by atoms with van der Waals surface area (Å²) in [6, 6.07) is 3.35. The van der Waals surface area contributed by atoms with Gasteiger partial charge in [0.2, 0.25) is 10.0 Å². The third-order valence-electron chi connectivity index (χ3n) is 2.40. The molecule has 0 aliphatic rings. The number of aromatic nitrogens is 2. The normalized spacial score (nSPS) is 13.1. The maximum absolute atomic E-state index is 12.1. The lowest BCUT2D eigenvalue weighted by molar-refractivity contribution is 0.0857. The molecule has 0 amide bonds. The molecule has 98 valence electrons. The molecule has 0 radical (unpaired) electrons. The highest BCUT2D eigenvalue weighted by atomic mass is 32.2. The molecule has 0 aromatic carbocycles. The first-order valence-corrected chi connectivity index (χ1v) is 6.92. The van der Waals surface area contributed by atoms with Crippen molar-refractivity contribution in [1.82, 2.24) is 14.7 Å². The highest BCUT2D eigenvalue weighted by molar-refractivity contribution is 7.89. The summed E-state index contributed by atoms with van der Waals surface area (Å²) in [5, 5.41) is 10.1. The van der Waals surface area contributed by atoms with Crippen LogP contribution in [0.3, 0.4) is 0 Å². The van der Waals surface area contributed by atoms with E-state index in [1.54, 1.807) is 18.3 Å². The number of rotatable bonds is 4. The third kappa shape index (κ3) is 2.69. The van der Waals surface area contributed by atoms with Gasteiger partial charge in [-0.05, 0) is 26.0 Å². The zero-order chi connectivity index (χ0) is 13.4. The molecule has 0 unspecified atom stereocenters. The summed E-state index contributed by atoms with van der Waals surface area (Å²) in [6.07, 6.45) is 2.98. The molecule has 18 heavy (non-hydrogen) atoms. The largest absolute Gasteiger partial charge is 0.389 e. The number of hydrogen-bond donors (Lipinski definition) is 3. The van der Waals surface area contributed by atoms with Gasteiger partial charge in [0.15, 0.2) is 0 Å². The minimum absolute atomic E-state index is 0.0533. The van der Waals surface area contributed by atoms with E-state index in [1.807, 2.05) is 0 Å². The molecule has 2 aromatic heterocycles. The summed E-state index contributed by atoms with van der Waals surface area (Å²) in [4.78, 5) is 6.96. The van der Waals surface area contributed by atoms with Gasteiger partial charge in [-0.25, -0.2) is 18.1 Å². The molecule has 3 N–H and O–H groups in total. The van der Waals surface area contributed by atoms with Gasteiger partial charge >= 0.3 is 0 Å². The predicted molar refractivity (Wildman–Crippen MR) is 67.6 cm³/mol. The van der Waals surface area contributed by atoms with Crippen molar-refractivity contribution in [3.05, 3.63) is 24.5 Å². The van der Waals surface area contributed by atoms with Crippen molar-refractivity contribution < 1.29 is 13.5 Å². The van der Waals surface area contributed by atoms with Crippen molar-refractivity contribution >= 4 is 21.1 Å². The lowest BCUT2D eigenvalue weighted by atomic mass is 10.1. The molecule has 7 heteroatoms. The number of pyridine rings is 1. The van der Waals surface area contributed by atoms with Gasteiger partial charge in [0.05, 0.1) is 5.60 Å². The maximum atomic E-state index is 12.1. The second kappa shape index (κ2) is 4.34. The molecule has 2 aromatic rings. The van der Waals surface area contributed by atoms with Gasteiger partial charge in [0.25, 0.3) is 0 Å². The van der Waals surface area contributed by atoms with Crippen LogP contribution < -0.4 is 4.72 Å². The fourth-order valence-electron chi connectivity index (χ4n) is 1.50. The smallest absolute Gasteiger partial charge is 0.242 e. The molecule has 2 heterocycles. The molecule has 2 rings (SSSR count). The van der Waals surface area contributed by atoms with Gasteiger partial charge in [-0.2, -0.15) is 0 Å². The Kier molecular flexibility index (Phi) is 3.14. The number of hydrogen-bond acceptors (Lipinski definition) is 4. The Hall–Kier alpha value is -1.44. The number of H-pyrrole nitrogens is 1. The molecular formula is C11H15N3O3S. The Morgan fingerprint density at radius 3 is 2.89 bits per heavy atom. The summed E-state index contributed by atoms with van der Waals surface area (Å²) in [5.74, 6) is 0. The first-order chi connectivity index (χ1) is 8.30. The number of aromatic amines is 1. The Morgan fingerprint density at radius 1 is 1.50 bits per heavy atom. The number of aliphatic hydroxyl groups is 1. The summed E-state index contributed by atoms with van der Waals surface area (Å²) < 4.78 is 26.5. The van der Waals surface area contributed by atoms with E-state index in [4.69, 9.17) is 0 Å². The molecule has 0 aliphatic carbocycles. The lowest BCUT2D eigenvalue weighted by Crippen LogP contribution is -2.38. The van der Waals surface area contributed by atoms with Gasteiger partial charge < -0.3 is 10.1 Å². The Bertz CT molecular complexity index is 655. The first kappa shape index (κ1) is 13.0. The molecule has 0 aliphatic heterocycles. The average Bonchev–Trinajstić information content (AvgIpc) is 2.70. The van der Waals surface area contributed by atoms with Crippen LogP contribution >= 0.6 is 0 Å². The first-order valence-electron chi connectivity index (χ1n) is 5.44. The summed E-state index contributed by atoms with van der Waals surface area (Å²) in [6.45, 7) is 3.01. The van der Waals surface area contributed by atoms with Crippen LogP contribution in [0.4, 0.5) is 0 Å². The van der Waals surface area contributed by atoms with Crippen molar-refractivity contribution in [2.24, 2.45) is 0 Å². The Labute approximate surface area is 105 Å². The second-order valence-electron chi connectivity index (χ2n) is 4.69. The average molecular weight is 269 g/mol. The van der Waals surface area contributed by atoms with Crippen LogP contribution in [0.15, 0.2) is 29.4 Å². The van der Waals surface area contributed by atoms with Gasteiger partial charge in [0.1, 0.15) is 10.5 Å². The van der Waals surface area contributed by atoms with Crippen LogP contribution in [-0.4, -0.2) is 35.6 Å². The van der Waals surface area contributed by atoms with E-state index >= 15 is 0 Å². The number of fused-ring (bicyclic) bond motifs is 1. The van der Waals surface area contributed by atoms with E-state index in [1.165, 1.54) is 20.0 Å². The SMILES string of the molecule is CC(C)(O)CNS(=O)(=O)c1c[nH]c2ncccc12. The molecule has 6 nitrogen and oxygen atoms in total. The number of nitrogens with zero attached hydrogens (tertiary/aromatic N) is 1. The van der Waals surface area contributed by atoms with Crippen molar-refractivity contribution in [3.63, 3.8) is 0 Å². The second-order valence-corrected chi connectivity index (χ2v) is 6.42. The molecule has 0 fully saturated rings. The lowest BCUT2D eigenvalue weighted by Gasteiger charge is -2.17. The van der Waals surface area contributed by atoms with Crippen LogP contribution in [0.25, 0.3) is 11.0 Å². The van der Waals surface area contributed by atoms with Gasteiger partial charge in [-0.15, -0.1) is 0 Å². The van der Waals surface area contributed by atoms with Gasteiger partial charge in [0, 0.05) is 24.3 Å². The molecule has 0 bridgehead atoms. The molecular weight excluding hydrogens is 254 g/mol. The Morgan fingerprint density at radius 2 is 2.22 bits per heavy atom. The van der Waals surface area contributed by atoms with E-state index in [9.17, 15) is 13.5 Å². The maximum Gasteiger partial charge on any atom is 0.242 e. The topological polar surface area (TPSA) is 95.1 Å². The number of nitrogens with one attached hydrogen (secondary N) is 2. The van der Waals surface area contributed by atoms with Crippen molar-refractivity contribution in [2.45, 2.75) is 24.3 Å². The molecule has 0 spiro atoms. The number of sulfonamides is 1.